The van der Waals surface area contributed by atoms with Crippen LogP contribution in [0, 0.1) is 11.3 Å². The molecule has 0 aliphatic heterocycles. The number of hydrogen-bond donors (Lipinski definition) is 2. The normalized spacial score (nSPS) is 9.50. The van der Waals surface area contributed by atoms with Crippen molar-refractivity contribution in [2.45, 2.75) is 10.2 Å². The largest absolute Gasteiger partial charge is 0.478 e. The molecule has 1 N–H and O–H groups in total. The third-order valence-corrected chi connectivity index (χ3v) is 2.69. The first-order valence-electron chi connectivity index (χ1n) is 3.66. The number of nitrogens with zero attached hydrogens (tertiary/aromatic N) is 1. The molecule has 0 amide bonds. The van der Waals surface area contributed by atoms with Crippen LogP contribution in [-0.4, -0.2) is 11.1 Å². The van der Waals surface area contributed by atoms with E-state index >= 15 is 0 Å². The van der Waals surface area contributed by atoms with Gasteiger partial charge in [0.1, 0.15) is 0 Å². The van der Waals surface area contributed by atoms with Gasteiger partial charge in [-0.3, -0.25) is 0 Å². The molecule has 0 radical (unpaired) electrons. The van der Waals surface area contributed by atoms with Crippen molar-refractivity contribution in [1.29, 1.82) is 5.26 Å². The highest BCUT2D eigenvalue weighted by Crippen LogP contribution is 2.24. The van der Waals surface area contributed by atoms with Gasteiger partial charge in [-0.1, -0.05) is 15.9 Å². The number of carboxylic acid groups (broad SMARTS) is 1. The maximum atomic E-state index is 10.9. The van der Waals surface area contributed by atoms with Crippen molar-refractivity contribution in [2.75, 3.05) is 0 Å². The Hall–Kier alpha value is -0.990. The van der Waals surface area contributed by atoms with Gasteiger partial charge < -0.3 is 5.11 Å². The molecule has 0 fully saturated rings. The first-order chi connectivity index (χ1) is 6.61. The van der Waals surface area contributed by atoms with E-state index in [9.17, 15) is 4.79 Å². The zero-order chi connectivity index (χ0) is 10.7. The Kier molecular flexibility index (Phi) is 3.55. The van der Waals surface area contributed by atoms with E-state index in [-0.39, 0.29) is 5.56 Å². The van der Waals surface area contributed by atoms with E-state index in [1.54, 1.807) is 6.07 Å². The van der Waals surface area contributed by atoms with E-state index < -0.39 is 5.97 Å². The summed E-state index contributed by atoms with van der Waals surface area (Å²) < 4.78 is 0. The summed E-state index contributed by atoms with van der Waals surface area (Å²) in [5, 5.41) is 18.0. The summed E-state index contributed by atoms with van der Waals surface area (Å²) in [5.74, 6) is -1.07. The minimum Gasteiger partial charge on any atom is -0.478 e. The number of benzene rings is 1. The minimum absolute atomic E-state index is 0.0873. The SMILES string of the molecule is N#Cc1ccc(S)c(C(=O)O)c1CBr. The minimum atomic E-state index is -1.07. The topological polar surface area (TPSA) is 61.1 Å². The number of carbonyl (C=O) groups is 1. The molecule has 5 heteroatoms. The Labute approximate surface area is 94.9 Å². The summed E-state index contributed by atoms with van der Waals surface area (Å²) in [6, 6.07) is 5.01. The smallest absolute Gasteiger partial charge is 0.337 e. The highest BCUT2D eigenvalue weighted by atomic mass is 79.9. The van der Waals surface area contributed by atoms with Crippen LogP contribution < -0.4 is 0 Å². The predicted molar refractivity (Wildman–Crippen MR) is 58.0 cm³/mol. The monoisotopic (exact) mass is 271 g/mol. The number of rotatable bonds is 2. The van der Waals surface area contributed by atoms with Crippen LogP contribution in [0.3, 0.4) is 0 Å². The summed E-state index contributed by atoms with van der Waals surface area (Å²) in [5.41, 5.74) is 0.911. The number of carboxylic acids is 1. The Morgan fingerprint density at radius 1 is 1.64 bits per heavy atom. The summed E-state index contributed by atoms with van der Waals surface area (Å²) in [6.45, 7) is 0. The van der Waals surface area contributed by atoms with Crippen LogP contribution in [0.15, 0.2) is 17.0 Å². The number of halogens is 1. The van der Waals surface area contributed by atoms with Crippen LogP contribution in [0.25, 0.3) is 0 Å². The van der Waals surface area contributed by atoms with Crippen molar-refractivity contribution in [2.24, 2.45) is 0 Å². The van der Waals surface area contributed by atoms with Gasteiger partial charge in [-0.05, 0) is 17.7 Å². The molecule has 1 aromatic rings. The second kappa shape index (κ2) is 4.49. The van der Waals surface area contributed by atoms with Gasteiger partial charge in [0.05, 0.1) is 17.2 Å². The highest BCUT2D eigenvalue weighted by molar-refractivity contribution is 9.08. The number of aromatic carboxylic acids is 1. The molecule has 0 spiro atoms. The summed E-state index contributed by atoms with van der Waals surface area (Å²) >= 11 is 7.19. The van der Waals surface area contributed by atoms with Crippen LogP contribution in [0.5, 0.6) is 0 Å². The van der Waals surface area contributed by atoms with E-state index in [4.69, 9.17) is 10.4 Å². The lowest BCUT2D eigenvalue weighted by Gasteiger charge is -2.07. The summed E-state index contributed by atoms with van der Waals surface area (Å²) in [6.07, 6.45) is 0. The van der Waals surface area contributed by atoms with Gasteiger partial charge in [0.25, 0.3) is 0 Å². The maximum Gasteiger partial charge on any atom is 0.337 e. The lowest BCUT2D eigenvalue weighted by atomic mass is 10.0. The average Bonchev–Trinajstić information content (AvgIpc) is 2.16. The molecule has 1 aromatic carbocycles. The van der Waals surface area contributed by atoms with E-state index in [1.165, 1.54) is 6.07 Å². The molecule has 0 aliphatic carbocycles. The zero-order valence-electron chi connectivity index (χ0n) is 6.99. The Bertz CT molecular complexity index is 426. The molecule has 0 aliphatic rings. The predicted octanol–water partition coefficient (Wildman–Crippen LogP) is 2.44. The molecular formula is C9H6BrNO2S. The molecule has 0 bridgehead atoms. The number of nitriles is 1. The molecule has 0 heterocycles. The summed E-state index contributed by atoms with van der Waals surface area (Å²) in [7, 11) is 0. The first kappa shape index (κ1) is 11.1. The molecule has 14 heavy (non-hydrogen) atoms. The molecule has 0 saturated heterocycles. The van der Waals surface area contributed by atoms with Gasteiger partial charge >= 0.3 is 5.97 Å². The van der Waals surface area contributed by atoms with Crippen molar-refractivity contribution >= 4 is 34.5 Å². The van der Waals surface area contributed by atoms with Gasteiger partial charge in [0.15, 0.2) is 0 Å². The average molecular weight is 272 g/mol. The van der Waals surface area contributed by atoms with Crippen LogP contribution in [0.1, 0.15) is 21.5 Å². The van der Waals surface area contributed by atoms with E-state index in [0.717, 1.165) is 0 Å². The number of thiol groups is 1. The van der Waals surface area contributed by atoms with E-state index in [1.807, 2.05) is 6.07 Å². The molecule has 72 valence electrons. The summed E-state index contributed by atoms with van der Waals surface area (Å²) in [4.78, 5) is 11.3. The second-order valence-electron chi connectivity index (χ2n) is 2.54. The van der Waals surface area contributed by atoms with Crippen LogP contribution in [0.2, 0.25) is 0 Å². The molecular weight excluding hydrogens is 266 g/mol. The van der Waals surface area contributed by atoms with Gasteiger partial charge in [-0.25, -0.2) is 4.79 Å². The molecule has 0 unspecified atom stereocenters. The first-order valence-corrected chi connectivity index (χ1v) is 5.23. The van der Waals surface area contributed by atoms with Crippen molar-refractivity contribution < 1.29 is 9.90 Å². The van der Waals surface area contributed by atoms with Crippen LogP contribution >= 0.6 is 28.6 Å². The third kappa shape index (κ3) is 1.91. The Morgan fingerprint density at radius 2 is 2.29 bits per heavy atom. The quantitative estimate of drug-likeness (QED) is 0.642. The molecule has 3 nitrogen and oxygen atoms in total. The van der Waals surface area contributed by atoms with E-state index in [0.29, 0.717) is 21.4 Å². The fraction of sp³-hybridized carbons (Fsp3) is 0.111. The van der Waals surface area contributed by atoms with Crippen LogP contribution in [-0.2, 0) is 5.33 Å². The fourth-order valence-electron chi connectivity index (χ4n) is 1.12. The van der Waals surface area contributed by atoms with Crippen molar-refractivity contribution in [1.82, 2.24) is 0 Å². The van der Waals surface area contributed by atoms with Gasteiger partial charge in [0, 0.05) is 10.2 Å². The van der Waals surface area contributed by atoms with Gasteiger partial charge in [-0.15, -0.1) is 12.6 Å². The third-order valence-electron chi connectivity index (χ3n) is 1.76. The van der Waals surface area contributed by atoms with Crippen molar-refractivity contribution in [3.63, 3.8) is 0 Å². The number of hydrogen-bond acceptors (Lipinski definition) is 3. The molecule has 1 rings (SSSR count). The lowest BCUT2D eigenvalue weighted by molar-refractivity contribution is 0.0692. The lowest BCUT2D eigenvalue weighted by Crippen LogP contribution is -2.04. The Balaban J connectivity index is 3.53. The van der Waals surface area contributed by atoms with E-state index in [2.05, 4.69) is 28.6 Å². The van der Waals surface area contributed by atoms with Crippen LogP contribution in [0.4, 0.5) is 0 Å². The fourth-order valence-corrected chi connectivity index (χ4v) is 2.01. The second-order valence-corrected chi connectivity index (χ2v) is 3.58. The highest BCUT2D eigenvalue weighted by Gasteiger charge is 2.16. The molecule has 0 atom stereocenters. The van der Waals surface area contributed by atoms with Gasteiger partial charge in [0.2, 0.25) is 0 Å². The molecule has 0 aromatic heterocycles. The zero-order valence-corrected chi connectivity index (χ0v) is 9.47. The number of alkyl halides is 1. The standard InChI is InChI=1S/C9H6BrNO2S/c10-3-6-5(4-11)1-2-7(14)8(6)9(12)13/h1-2,14H,3H2,(H,12,13). The Morgan fingerprint density at radius 3 is 2.71 bits per heavy atom. The maximum absolute atomic E-state index is 10.9. The van der Waals surface area contributed by atoms with Crippen molar-refractivity contribution in [3.8, 4) is 6.07 Å². The van der Waals surface area contributed by atoms with Gasteiger partial charge in [-0.2, -0.15) is 5.26 Å². The van der Waals surface area contributed by atoms with Crippen molar-refractivity contribution in [3.05, 3.63) is 28.8 Å². The molecule has 0 saturated carbocycles.